The van der Waals surface area contributed by atoms with E-state index in [0.29, 0.717) is 22.3 Å². The zero-order chi connectivity index (χ0) is 23.8. The topological polar surface area (TPSA) is 111 Å². The van der Waals surface area contributed by atoms with Crippen LogP contribution in [0.4, 0.5) is 13.2 Å². The number of hydrogen-bond acceptors (Lipinski definition) is 5. The fourth-order valence-corrected chi connectivity index (χ4v) is 3.31. The maximum Gasteiger partial charge on any atom is 0.491 e. The van der Waals surface area contributed by atoms with Crippen molar-refractivity contribution in [2.45, 2.75) is 6.18 Å². The number of nitrogens with zero attached hydrogens (tertiary/aromatic N) is 3. The largest absolute Gasteiger partial charge is 0.491 e. The fourth-order valence-electron chi connectivity index (χ4n) is 3.31. The van der Waals surface area contributed by atoms with Crippen LogP contribution in [0.25, 0.3) is 27.8 Å². The number of rotatable bonds is 4. The number of alkyl halides is 3. The lowest BCUT2D eigenvalue weighted by molar-refractivity contribution is -0.190. The lowest BCUT2D eigenvalue weighted by atomic mass is 10.00. The number of amides is 1. The van der Waals surface area contributed by atoms with Gasteiger partial charge in [-0.1, -0.05) is 30.3 Å². The van der Waals surface area contributed by atoms with Gasteiger partial charge in [0, 0.05) is 11.1 Å². The number of hydrogen-bond donors (Lipinski definition) is 1. The van der Waals surface area contributed by atoms with Crippen molar-refractivity contribution in [3.05, 3.63) is 77.9 Å². The average Bonchev–Trinajstić information content (AvgIpc) is 3.16. The van der Waals surface area contributed by atoms with Crippen LogP contribution < -0.4 is 10.5 Å². The molecule has 0 aliphatic carbocycles. The van der Waals surface area contributed by atoms with Gasteiger partial charge in [-0.3, -0.25) is 9.36 Å². The van der Waals surface area contributed by atoms with E-state index in [0.717, 1.165) is 0 Å². The molecule has 2 N–H and O–H groups in total. The van der Waals surface area contributed by atoms with Crippen LogP contribution in [-0.4, -0.2) is 27.6 Å². The predicted octanol–water partition coefficient (Wildman–Crippen LogP) is 4.13. The van der Waals surface area contributed by atoms with Crippen LogP contribution >= 0.6 is 0 Å². The molecular formula is C23H13F3N4O3. The molecule has 0 aliphatic heterocycles. The van der Waals surface area contributed by atoms with Gasteiger partial charge < -0.3 is 10.5 Å². The van der Waals surface area contributed by atoms with E-state index >= 15 is 0 Å². The molecule has 33 heavy (non-hydrogen) atoms. The third kappa shape index (κ3) is 4.12. The van der Waals surface area contributed by atoms with Gasteiger partial charge in [-0.25, -0.2) is 4.79 Å². The molecule has 4 rings (SSSR count). The van der Waals surface area contributed by atoms with Gasteiger partial charge in [-0.05, 0) is 42.0 Å². The molecule has 1 aromatic heterocycles. The minimum absolute atomic E-state index is 0.136. The van der Waals surface area contributed by atoms with Gasteiger partial charge >= 0.3 is 18.2 Å². The Hall–Kier alpha value is -4.65. The molecule has 3 aromatic carbocycles. The molecule has 1 heterocycles. The number of imidazole rings is 1. The Kier molecular flexibility index (Phi) is 5.31. The standard InChI is InChI=1S/C23H13F3N4O3/c24-23(25,26)21(32)33-22-29-18-11-13(12-27)10-17(14-6-8-15(9-7-14)20(28)31)19(18)30(22)16-4-2-1-3-5-16/h1-11H,(H2,28,31). The van der Waals surface area contributed by atoms with Gasteiger partial charge in [0.05, 0.1) is 28.4 Å². The number of aromatic nitrogens is 2. The molecule has 7 nitrogen and oxygen atoms in total. The molecule has 0 aliphatic rings. The molecule has 0 saturated heterocycles. The molecule has 164 valence electrons. The molecule has 0 radical (unpaired) electrons. The van der Waals surface area contributed by atoms with E-state index in [-0.39, 0.29) is 16.6 Å². The number of ether oxygens (including phenoxy) is 1. The van der Waals surface area contributed by atoms with Crippen molar-refractivity contribution in [1.82, 2.24) is 9.55 Å². The molecule has 10 heteroatoms. The highest BCUT2D eigenvalue weighted by molar-refractivity contribution is 5.97. The Morgan fingerprint density at radius 2 is 1.70 bits per heavy atom. The second-order valence-corrected chi connectivity index (χ2v) is 6.90. The van der Waals surface area contributed by atoms with E-state index in [1.807, 2.05) is 6.07 Å². The molecule has 0 unspecified atom stereocenters. The summed E-state index contributed by atoms with van der Waals surface area (Å²) >= 11 is 0. The molecule has 4 aromatic rings. The number of carbonyl (C=O) groups is 2. The van der Waals surface area contributed by atoms with Crippen molar-refractivity contribution < 1.29 is 27.5 Å². The third-order valence-electron chi connectivity index (χ3n) is 4.76. The maximum absolute atomic E-state index is 12.9. The highest BCUT2D eigenvalue weighted by Gasteiger charge is 2.42. The summed E-state index contributed by atoms with van der Waals surface area (Å²) in [6.45, 7) is 0. The zero-order valence-corrected chi connectivity index (χ0v) is 16.6. The Bertz CT molecular complexity index is 1420. The van der Waals surface area contributed by atoms with Crippen LogP contribution in [0, 0.1) is 11.3 Å². The lowest BCUT2D eigenvalue weighted by Crippen LogP contribution is -2.29. The summed E-state index contributed by atoms with van der Waals surface area (Å²) in [5, 5.41) is 9.45. The number of nitrogens with two attached hydrogens (primary N) is 1. The SMILES string of the molecule is N#Cc1cc(-c2ccc(C(N)=O)cc2)c2c(c1)nc(OC(=O)C(F)(F)F)n2-c1ccccc1. The summed E-state index contributed by atoms with van der Waals surface area (Å²) in [5.74, 6) is -3.06. The van der Waals surface area contributed by atoms with Crippen molar-refractivity contribution >= 4 is 22.9 Å². The van der Waals surface area contributed by atoms with E-state index < -0.39 is 24.1 Å². The molecule has 0 bridgehead atoms. The zero-order valence-electron chi connectivity index (χ0n) is 16.6. The highest BCUT2D eigenvalue weighted by atomic mass is 19.4. The molecule has 0 saturated carbocycles. The van der Waals surface area contributed by atoms with E-state index in [9.17, 15) is 28.0 Å². The van der Waals surface area contributed by atoms with Gasteiger partial charge in [0.1, 0.15) is 0 Å². The van der Waals surface area contributed by atoms with Crippen LogP contribution in [0.3, 0.4) is 0 Å². The molecule has 1 amide bonds. The number of para-hydroxylation sites is 1. The minimum atomic E-state index is -5.23. The Labute approximate surface area is 184 Å². The normalized spacial score (nSPS) is 11.2. The molecule has 0 spiro atoms. The van der Waals surface area contributed by atoms with Crippen LogP contribution in [-0.2, 0) is 4.79 Å². The summed E-state index contributed by atoms with van der Waals surface area (Å²) in [4.78, 5) is 27.1. The number of carbonyl (C=O) groups excluding carboxylic acids is 2. The van der Waals surface area contributed by atoms with E-state index in [4.69, 9.17) is 5.73 Å². The van der Waals surface area contributed by atoms with Crippen LogP contribution in [0.2, 0.25) is 0 Å². The number of nitriles is 1. The summed E-state index contributed by atoms with van der Waals surface area (Å²) in [7, 11) is 0. The summed E-state index contributed by atoms with van der Waals surface area (Å²) in [5.41, 5.74) is 7.50. The Balaban J connectivity index is 2.03. The number of esters is 1. The fraction of sp³-hybridized carbons (Fsp3) is 0.0435. The maximum atomic E-state index is 12.9. The van der Waals surface area contributed by atoms with Gasteiger partial charge in [0.15, 0.2) is 0 Å². The minimum Gasteiger partial charge on any atom is -0.385 e. The second-order valence-electron chi connectivity index (χ2n) is 6.90. The summed E-state index contributed by atoms with van der Waals surface area (Å²) in [6.07, 6.45) is -5.23. The highest BCUT2D eigenvalue weighted by Crippen LogP contribution is 2.36. The average molecular weight is 450 g/mol. The smallest absolute Gasteiger partial charge is 0.385 e. The number of fused-ring (bicyclic) bond motifs is 1. The number of benzene rings is 3. The second kappa shape index (κ2) is 8.12. The van der Waals surface area contributed by atoms with E-state index in [2.05, 4.69) is 9.72 Å². The molecule has 0 atom stereocenters. The quantitative estimate of drug-likeness (QED) is 0.470. The van der Waals surface area contributed by atoms with Crippen LogP contribution in [0.15, 0.2) is 66.7 Å². The van der Waals surface area contributed by atoms with E-state index in [1.54, 1.807) is 42.5 Å². The Morgan fingerprint density at radius 3 is 2.27 bits per heavy atom. The molecular weight excluding hydrogens is 437 g/mol. The van der Waals surface area contributed by atoms with Gasteiger partial charge in [-0.15, -0.1) is 0 Å². The van der Waals surface area contributed by atoms with Crippen molar-refractivity contribution in [3.8, 4) is 28.9 Å². The first kappa shape index (κ1) is 21.6. The first-order chi connectivity index (χ1) is 15.7. The van der Waals surface area contributed by atoms with Gasteiger partial charge in [-0.2, -0.15) is 23.4 Å². The van der Waals surface area contributed by atoms with Crippen molar-refractivity contribution in [2.24, 2.45) is 5.73 Å². The lowest BCUT2D eigenvalue weighted by Gasteiger charge is -2.13. The van der Waals surface area contributed by atoms with Crippen molar-refractivity contribution in [3.63, 3.8) is 0 Å². The third-order valence-corrected chi connectivity index (χ3v) is 4.76. The van der Waals surface area contributed by atoms with Crippen LogP contribution in [0.1, 0.15) is 15.9 Å². The first-order valence-electron chi connectivity index (χ1n) is 9.40. The number of halogens is 3. The van der Waals surface area contributed by atoms with Gasteiger partial charge in [0.2, 0.25) is 5.91 Å². The summed E-state index contributed by atoms with van der Waals surface area (Å²) in [6, 6.07) is 18.6. The Morgan fingerprint density at radius 1 is 1.03 bits per heavy atom. The molecule has 0 fully saturated rings. The van der Waals surface area contributed by atoms with Gasteiger partial charge in [0.25, 0.3) is 0 Å². The number of primary amides is 1. The van der Waals surface area contributed by atoms with E-state index in [1.165, 1.54) is 28.8 Å². The van der Waals surface area contributed by atoms with Crippen molar-refractivity contribution in [2.75, 3.05) is 0 Å². The predicted molar refractivity (Wildman–Crippen MR) is 111 cm³/mol. The van der Waals surface area contributed by atoms with Crippen LogP contribution in [0.5, 0.6) is 6.01 Å². The van der Waals surface area contributed by atoms with Crippen molar-refractivity contribution in [1.29, 1.82) is 5.26 Å². The first-order valence-corrected chi connectivity index (χ1v) is 9.40. The summed E-state index contributed by atoms with van der Waals surface area (Å²) < 4.78 is 44.6. The monoisotopic (exact) mass is 450 g/mol.